The normalized spacial score (nSPS) is 16.3. The van der Waals surface area contributed by atoms with E-state index in [1.807, 2.05) is 43.6 Å². The van der Waals surface area contributed by atoms with Crippen molar-refractivity contribution in [2.75, 3.05) is 20.6 Å². The molecular formula is C20H31FIN7. The predicted octanol–water partition coefficient (Wildman–Crippen LogP) is 3.00. The van der Waals surface area contributed by atoms with Crippen LogP contribution in [0.5, 0.6) is 0 Å². The molecule has 1 aromatic carbocycles. The van der Waals surface area contributed by atoms with Crippen molar-refractivity contribution >= 4 is 29.9 Å². The molecule has 0 saturated carbocycles. The summed E-state index contributed by atoms with van der Waals surface area (Å²) in [5.74, 6) is 2.32. The Balaban J connectivity index is 0.00000300. The van der Waals surface area contributed by atoms with E-state index in [1.165, 1.54) is 6.07 Å². The lowest BCUT2D eigenvalue weighted by atomic mass is 10.1. The lowest BCUT2D eigenvalue weighted by molar-refractivity contribution is 0.392. The third-order valence-electron chi connectivity index (χ3n) is 4.65. The number of hydrogen-bond donors (Lipinski definition) is 2. The molecule has 9 heteroatoms. The van der Waals surface area contributed by atoms with E-state index in [0.717, 1.165) is 49.1 Å². The van der Waals surface area contributed by atoms with Crippen LogP contribution in [0, 0.1) is 12.7 Å². The number of hydrogen-bond acceptors (Lipinski definition) is 4. The molecule has 1 aromatic heterocycles. The zero-order valence-corrected chi connectivity index (χ0v) is 19.9. The Morgan fingerprint density at radius 3 is 2.90 bits per heavy atom. The summed E-state index contributed by atoms with van der Waals surface area (Å²) in [5.41, 5.74) is 1.67. The summed E-state index contributed by atoms with van der Waals surface area (Å²) in [5, 5.41) is 11.2. The Hall–Kier alpha value is -1.75. The molecule has 29 heavy (non-hydrogen) atoms. The Bertz CT molecular complexity index is 834. The van der Waals surface area contributed by atoms with Gasteiger partial charge in [-0.2, -0.15) is 5.10 Å². The van der Waals surface area contributed by atoms with E-state index >= 15 is 0 Å². The van der Waals surface area contributed by atoms with E-state index in [-0.39, 0.29) is 35.8 Å². The van der Waals surface area contributed by atoms with Crippen LogP contribution in [-0.2, 0) is 19.6 Å². The second kappa shape index (κ2) is 10.9. The van der Waals surface area contributed by atoms with Crippen molar-refractivity contribution in [1.29, 1.82) is 0 Å². The Morgan fingerprint density at radius 2 is 2.17 bits per heavy atom. The third kappa shape index (κ3) is 6.36. The van der Waals surface area contributed by atoms with Gasteiger partial charge in [0.15, 0.2) is 5.96 Å². The van der Waals surface area contributed by atoms with Crippen LogP contribution < -0.4 is 10.6 Å². The van der Waals surface area contributed by atoms with Gasteiger partial charge in [0.05, 0.1) is 12.6 Å². The molecule has 2 heterocycles. The highest BCUT2D eigenvalue weighted by atomic mass is 127. The molecule has 0 bridgehead atoms. The van der Waals surface area contributed by atoms with Crippen molar-refractivity contribution < 1.29 is 4.39 Å². The van der Waals surface area contributed by atoms with Crippen LogP contribution in [0.1, 0.15) is 48.6 Å². The number of halogens is 2. The first-order chi connectivity index (χ1) is 13.5. The summed E-state index contributed by atoms with van der Waals surface area (Å²) in [7, 11) is 3.87. The maximum Gasteiger partial charge on any atom is 0.192 e. The molecule has 0 aliphatic carbocycles. The molecule has 0 spiro atoms. The molecular weight excluding hydrogens is 484 g/mol. The smallest absolute Gasteiger partial charge is 0.192 e. The van der Waals surface area contributed by atoms with Gasteiger partial charge < -0.3 is 15.5 Å². The van der Waals surface area contributed by atoms with E-state index in [1.54, 1.807) is 6.07 Å². The van der Waals surface area contributed by atoms with E-state index in [4.69, 9.17) is 4.99 Å². The topological polar surface area (TPSA) is 70.4 Å². The number of rotatable bonds is 6. The van der Waals surface area contributed by atoms with E-state index in [2.05, 4.69) is 20.7 Å². The summed E-state index contributed by atoms with van der Waals surface area (Å²) in [6.45, 7) is 6.68. The monoisotopic (exact) mass is 515 g/mol. The van der Waals surface area contributed by atoms with Gasteiger partial charge in [0.1, 0.15) is 17.5 Å². The van der Waals surface area contributed by atoms with Gasteiger partial charge in [-0.15, -0.1) is 24.0 Å². The lowest BCUT2D eigenvalue weighted by Gasteiger charge is -2.25. The zero-order valence-electron chi connectivity index (χ0n) is 17.6. The molecule has 0 saturated heterocycles. The Morgan fingerprint density at radius 1 is 1.38 bits per heavy atom. The van der Waals surface area contributed by atoms with Gasteiger partial charge in [-0.1, -0.05) is 6.07 Å². The molecule has 160 valence electrons. The molecule has 1 atom stereocenters. The van der Waals surface area contributed by atoms with Gasteiger partial charge in [-0.05, 0) is 58.5 Å². The van der Waals surface area contributed by atoms with E-state index < -0.39 is 0 Å². The minimum atomic E-state index is -0.177. The number of aryl methyl sites for hydroxylation is 2. The van der Waals surface area contributed by atoms with Gasteiger partial charge in [0, 0.05) is 25.2 Å². The van der Waals surface area contributed by atoms with Crippen LogP contribution in [0.15, 0.2) is 23.2 Å². The number of aromatic nitrogens is 3. The highest BCUT2D eigenvalue weighted by Crippen LogP contribution is 2.23. The molecule has 2 N–H and O–H groups in total. The number of aliphatic imine (C=N–C) groups is 1. The van der Waals surface area contributed by atoms with E-state index in [9.17, 15) is 4.39 Å². The van der Waals surface area contributed by atoms with Crippen LogP contribution in [0.2, 0.25) is 0 Å². The lowest BCUT2D eigenvalue weighted by Crippen LogP contribution is -2.41. The minimum absolute atomic E-state index is 0. The first-order valence-electron chi connectivity index (χ1n) is 9.84. The zero-order chi connectivity index (χ0) is 20.1. The predicted molar refractivity (Wildman–Crippen MR) is 124 cm³/mol. The molecule has 1 aliphatic rings. The molecule has 1 aliphatic heterocycles. The fraction of sp³-hybridized carbons (Fsp3) is 0.550. The summed E-state index contributed by atoms with van der Waals surface area (Å²) in [6, 6.07) is 5.30. The number of fused-ring (bicyclic) bond motifs is 1. The SMILES string of the molecule is CCNC(=NCc1ccc(F)c(CN(C)C)c1)NC1CCCn2nc(C)nc21.I. The van der Waals surface area contributed by atoms with Crippen molar-refractivity contribution in [3.8, 4) is 0 Å². The summed E-state index contributed by atoms with van der Waals surface area (Å²) in [4.78, 5) is 11.2. The van der Waals surface area contributed by atoms with Crippen LogP contribution >= 0.6 is 24.0 Å². The molecule has 0 fully saturated rings. The molecule has 7 nitrogen and oxygen atoms in total. The Labute approximate surface area is 189 Å². The number of nitrogens with one attached hydrogen (secondary N) is 2. The first-order valence-corrected chi connectivity index (χ1v) is 9.84. The number of benzene rings is 1. The fourth-order valence-electron chi connectivity index (χ4n) is 3.45. The first kappa shape index (κ1) is 23.5. The summed E-state index contributed by atoms with van der Waals surface area (Å²) in [6.07, 6.45) is 2.05. The second-order valence-electron chi connectivity index (χ2n) is 7.44. The van der Waals surface area contributed by atoms with Crippen molar-refractivity contribution in [3.63, 3.8) is 0 Å². The third-order valence-corrected chi connectivity index (χ3v) is 4.65. The Kier molecular flexibility index (Phi) is 8.81. The van der Waals surface area contributed by atoms with Crippen LogP contribution in [0.3, 0.4) is 0 Å². The van der Waals surface area contributed by atoms with Gasteiger partial charge in [-0.25, -0.2) is 19.0 Å². The maximum atomic E-state index is 14.0. The van der Waals surface area contributed by atoms with Crippen molar-refractivity contribution in [3.05, 3.63) is 46.8 Å². The maximum absolute atomic E-state index is 14.0. The molecule has 0 amide bonds. The highest BCUT2D eigenvalue weighted by molar-refractivity contribution is 14.0. The van der Waals surface area contributed by atoms with Gasteiger partial charge >= 0.3 is 0 Å². The van der Waals surface area contributed by atoms with Crippen molar-refractivity contribution in [2.45, 2.75) is 52.4 Å². The fourth-order valence-corrected chi connectivity index (χ4v) is 3.45. The van der Waals surface area contributed by atoms with Gasteiger partial charge in [0.25, 0.3) is 0 Å². The minimum Gasteiger partial charge on any atom is -0.357 e. The van der Waals surface area contributed by atoms with Crippen LogP contribution in [0.4, 0.5) is 4.39 Å². The van der Waals surface area contributed by atoms with Crippen molar-refractivity contribution in [2.24, 2.45) is 4.99 Å². The molecule has 2 aromatic rings. The van der Waals surface area contributed by atoms with Crippen LogP contribution in [-0.4, -0.2) is 46.3 Å². The quantitative estimate of drug-likeness (QED) is 0.352. The number of nitrogens with zero attached hydrogens (tertiary/aromatic N) is 5. The second-order valence-corrected chi connectivity index (χ2v) is 7.44. The molecule has 1 unspecified atom stereocenters. The van der Waals surface area contributed by atoms with Gasteiger partial charge in [0.2, 0.25) is 0 Å². The molecule has 0 radical (unpaired) electrons. The van der Waals surface area contributed by atoms with Crippen LogP contribution in [0.25, 0.3) is 0 Å². The number of guanidine groups is 1. The summed E-state index contributed by atoms with van der Waals surface area (Å²) >= 11 is 0. The average Bonchev–Trinajstić information content (AvgIpc) is 3.03. The average molecular weight is 515 g/mol. The van der Waals surface area contributed by atoms with Crippen molar-refractivity contribution in [1.82, 2.24) is 30.3 Å². The van der Waals surface area contributed by atoms with Gasteiger partial charge in [-0.3, -0.25) is 0 Å². The van der Waals surface area contributed by atoms with E-state index in [0.29, 0.717) is 18.7 Å². The largest absolute Gasteiger partial charge is 0.357 e. The summed E-state index contributed by atoms with van der Waals surface area (Å²) < 4.78 is 16.0. The molecule has 3 rings (SSSR count). The highest BCUT2D eigenvalue weighted by Gasteiger charge is 2.24. The standard InChI is InChI=1S/C20H30FN7.HI/c1-5-22-20(25-18-7-6-10-28-19(18)24-14(2)26-28)23-12-15-8-9-17(21)16(11-15)13-27(3)4;/h8-9,11,18H,5-7,10,12-13H2,1-4H3,(H2,22,23,25);1H.